The summed E-state index contributed by atoms with van der Waals surface area (Å²) in [4.78, 5) is 13.9. The molecule has 0 radical (unpaired) electrons. The Labute approximate surface area is 194 Å². The lowest BCUT2D eigenvalue weighted by molar-refractivity contribution is 0.1000. The molecule has 1 amide bonds. The SMILES string of the molecule is CCCCc1c(-c2ccc(-c3ccccc3)cc2)c(C(N)=O)c(C)n1CCc1cccs1. The van der Waals surface area contributed by atoms with Crippen LogP contribution in [0.25, 0.3) is 22.3 Å². The minimum Gasteiger partial charge on any atom is -0.366 e. The second-order valence-electron chi connectivity index (χ2n) is 8.17. The predicted octanol–water partition coefficient (Wildman–Crippen LogP) is 6.88. The molecule has 2 aromatic carbocycles. The van der Waals surface area contributed by atoms with E-state index in [9.17, 15) is 4.79 Å². The van der Waals surface area contributed by atoms with Crippen molar-refractivity contribution in [1.29, 1.82) is 0 Å². The predicted molar refractivity (Wildman–Crippen MR) is 135 cm³/mol. The molecule has 2 aromatic heterocycles. The summed E-state index contributed by atoms with van der Waals surface area (Å²) >= 11 is 1.78. The third-order valence-corrected chi connectivity index (χ3v) is 7.02. The zero-order valence-electron chi connectivity index (χ0n) is 18.8. The number of aryl methyl sites for hydroxylation is 1. The number of benzene rings is 2. The van der Waals surface area contributed by atoms with E-state index < -0.39 is 0 Å². The van der Waals surface area contributed by atoms with Crippen molar-refractivity contribution < 1.29 is 4.79 Å². The van der Waals surface area contributed by atoms with Gasteiger partial charge in [-0.05, 0) is 54.3 Å². The summed E-state index contributed by atoms with van der Waals surface area (Å²) in [5.74, 6) is -0.350. The Kier molecular flexibility index (Phi) is 6.91. The van der Waals surface area contributed by atoms with Gasteiger partial charge in [-0.2, -0.15) is 0 Å². The number of carbonyl (C=O) groups excluding carboxylic acids is 1. The highest BCUT2D eigenvalue weighted by molar-refractivity contribution is 7.09. The van der Waals surface area contributed by atoms with Gasteiger partial charge in [0.05, 0.1) is 5.56 Å². The topological polar surface area (TPSA) is 48.0 Å². The lowest BCUT2D eigenvalue weighted by Gasteiger charge is -2.13. The van der Waals surface area contributed by atoms with Crippen molar-refractivity contribution in [2.24, 2.45) is 5.73 Å². The first-order valence-electron chi connectivity index (χ1n) is 11.3. The first-order valence-corrected chi connectivity index (χ1v) is 12.2. The first-order chi connectivity index (χ1) is 15.6. The Bertz CT molecular complexity index is 1170. The molecule has 164 valence electrons. The number of thiophene rings is 1. The van der Waals surface area contributed by atoms with Crippen LogP contribution in [0.3, 0.4) is 0 Å². The van der Waals surface area contributed by atoms with Crippen molar-refractivity contribution in [3.05, 3.63) is 93.9 Å². The van der Waals surface area contributed by atoms with E-state index in [-0.39, 0.29) is 5.91 Å². The number of carbonyl (C=O) groups is 1. The van der Waals surface area contributed by atoms with Gasteiger partial charge in [-0.15, -0.1) is 11.3 Å². The lowest BCUT2D eigenvalue weighted by atomic mass is 9.95. The Balaban J connectivity index is 1.78. The molecule has 0 fully saturated rings. The highest BCUT2D eigenvalue weighted by atomic mass is 32.1. The molecule has 0 saturated heterocycles. The van der Waals surface area contributed by atoms with E-state index in [0.717, 1.165) is 49.0 Å². The molecule has 2 N–H and O–H groups in total. The van der Waals surface area contributed by atoms with Gasteiger partial charge in [0.2, 0.25) is 0 Å². The number of amides is 1. The summed E-state index contributed by atoms with van der Waals surface area (Å²) in [6.45, 7) is 5.09. The van der Waals surface area contributed by atoms with Gasteiger partial charge in [0.15, 0.2) is 0 Å². The van der Waals surface area contributed by atoms with E-state index in [0.29, 0.717) is 5.56 Å². The summed E-state index contributed by atoms with van der Waals surface area (Å²) in [5.41, 5.74) is 13.2. The van der Waals surface area contributed by atoms with Crippen LogP contribution in [-0.4, -0.2) is 10.5 Å². The Morgan fingerprint density at radius 3 is 2.22 bits per heavy atom. The maximum Gasteiger partial charge on any atom is 0.251 e. The van der Waals surface area contributed by atoms with E-state index in [2.05, 4.69) is 65.4 Å². The second-order valence-corrected chi connectivity index (χ2v) is 9.21. The van der Waals surface area contributed by atoms with Crippen molar-refractivity contribution in [1.82, 2.24) is 4.57 Å². The first kappa shape index (κ1) is 22.1. The molecule has 0 aliphatic carbocycles. The van der Waals surface area contributed by atoms with Gasteiger partial charge in [-0.1, -0.05) is 74.0 Å². The molecule has 32 heavy (non-hydrogen) atoms. The minimum absolute atomic E-state index is 0.350. The molecular weight excluding hydrogens is 412 g/mol. The van der Waals surface area contributed by atoms with Crippen LogP contribution in [0.5, 0.6) is 0 Å². The molecule has 2 heterocycles. The highest BCUT2D eigenvalue weighted by Crippen LogP contribution is 2.35. The van der Waals surface area contributed by atoms with Gasteiger partial charge in [0, 0.05) is 28.4 Å². The number of hydrogen-bond acceptors (Lipinski definition) is 2. The van der Waals surface area contributed by atoms with Crippen LogP contribution in [0, 0.1) is 6.92 Å². The lowest BCUT2D eigenvalue weighted by Crippen LogP contribution is -2.13. The van der Waals surface area contributed by atoms with E-state index in [4.69, 9.17) is 5.73 Å². The van der Waals surface area contributed by atoms with Gasteiger partial charge in [0.1, 0.15) is 0 Å². The summed E-state index contributed by atoms with van der Waals surface area (Å²) in [6.07, 6.45) is 4.07. The Morgan fingerprint density at radius 2 is 1.59 bits per heavy atom. The molecule has 4 aromatic rings. The number of nitrogens with two attached hydrogens (primary N) is 1. The molecular formula is C28H30N2OS. The van der Waals surface area contributed by atoms with Crippen LogP contribution in [-0.2, 0) is 19.4 Å². The van der Waals surface area contributed by atoms with E-state index in [1.54, 1.807) is 11.3 Å². The fourth-order valence-corrected chi connectivity index (χ4v) is 5.15. The van der Waals surface area contributed by atoms with Crippen LogP contribution in [0.15, 0.2) is 72.1 Å². The van der Waals surface area contributed by atoms with Crippen LogP contribution >= 0.6 is 11.3 Å². The molecule has 0 saturated carbocycles. The van der Waals surface area contributed by atoms with Gasteiger partial charge in [-0.25, -0.2) is 0 Å². The van der Waals surface area contributed by atoms with Crippen LogP contribution < -0.4 is 5.73 Å². The van der Waals surface area contributed by atoms with Gasteiger partial charge < -0.3 is 10.3 Å². The molecule has 0 bridgehead atoms. The maximum atomic E-state index is 12.6. The van der Waals surface area contributed by atoms with Crippen LogP contribution in [0.2, 0.25) is 0 Å². The average Bonchev–Trinajstić information content (AvgIpc) is 3.43. The molecule has 0 spiro atoms. The minimum atomic E-state index is -0.350. The molecule has 4 rings (SSSR count). The van der Waals surface area contributed by atoms with E-state index in [1.807, 2.05) is 25.1 Å². The highest BCUT2D eigenvalue weighted by Gasteiger charge is 2.24. The molecule has 0 unspecified atom stereocenters. The summed E-state index contributed by atoms with van der Waals surface area (Å²) in [5, 5.41) is 2.12. The second kappa shape index (κ2) is 10.0. The quantitative estimate of drug-likeness (QED) is 0.302. The maximum absolute atomic E-state index is 12.6. The van der Waals surface area contributed by atoms with E-state index in [1.165, 1.54) is 21.7 Å². The average molecular weight is 443 g/mol. The number of primary amides is 1. The van der Waals surface area contributed by atoms with Gasteiger partial charge in [0.25, 0.3) is 5.91 Å². The zero-order chi connectivity index (χ0) is 22.5. The van der Waals surface area contributed by atoms with Crippen molar-refractivity contribution in [3.8, 4) is 22.3 Å². The smallest absolute Gasteiger partial charge is 0.251 e. The molecule has 0 atom stereocenters. The number of nitrogens with zero attached hydrogens (tertiary/aromatic N) is 1. The number of unbranched alkanes of at least 4 members (excludes halogenated alkanes) is 1. The van der Waals surface area contributed by atoms with Crippen molar-refractivity contribution in [2.45, 2.75) is 46.1 Å². The zero-order valence-corrected chi connectivity index (χ0v) is 19.6. The summed E-state index contributed by atoms with van der Waals surface area (Å²) in [7, 11) is 0. The number of hydrogen-bond donors (Lipinski definition) is 1. The van der Waals surface area contributed by atoms with Crippen molar-refractivity contribution in [2.75, 3.05) is 0 Å². The van der Waals surface area contributed by atoms with Crippen molar-refractivity contribution in [3.63, 3.8) is 0 Å². The van der Waals surface area contributed by atoms with Crippen LogP contribution in [0.1, 0.15) is 46.4 Å². The fraction of sp³-hybridized carbons (Fsp3) is 0.250. The number of rotatable bonds is 9. The molecule has 3 nitrogen and oxygen atoms in total. The van der Waals surface area contributed by atoms with E-state index >= 15 is 0 Å². The number of aromatic nitrogens is 1. The fourth-order valence-electron chi connectivity index (χ4n) is 4.45. The molecule has 0 aliphatic rings. The summed E-state index contributed by atoms with van der Waals surface area (Å²) < 4.78 is 2.33. The third kappa shape index (κ3) is 4.56. The van der Waals surface area contributed by atoms with Crippen molar-refractivity contribution >= 4 is 17.2 Å². The van der Waals surface area contributed by atoms with Crippen LogP contribution in [0.4, 0.5) is 0 Å². The Morgan fingerprint density at radius 1 is 0.906 bits per heavy atom. The third-order valence-electron chi connectivity index (χ3n) is 6.09. The Hall–Kier alpha value is -3.11. The molecule has 0 aliphatic heterocycles. The standard InChI is InChI=1S/C28H30N2OS/c1-3-4-12-25-27(23-15-13-22(14-16-23)21-9-6-5-7-10-21)26(28(29)31)20(2)30(25)18-17-24-11-8-19-32-24/h5-11,13-16,19H,3-4,12,17-18H2,1-2H3,(H2,29,31). The summed E-state index contributed by atoms with van der Waals surface area (Å²) in [6, 6.07) is 23.1. The monoisotopic (exact) mass is 442 g/mol. The molecule has 4 heteroatoms. The van der Waals surface area contributed by atoms with Gasteiger partial charge >= 0.3 is 0 Å². The largest absolute Gasteiger partial charge is 0.366 e. The van der Waals surface area contributed by atoms with Gasteiger partial charge in [-0.3, -0.25) is 4.79 Å². The normalized spacial score (nSPS) is 11.1.